The van der Waals surface area contributed by atoms with Gasteiger partial charge in [0.05, 0.1) is 30.3 Å². The Labute approximate surface area is 314 Å². The van der Waals surface area contributed by atoms with Crippen LogP contribution in [0, 0.1) is 11.3 Å². The highest BCUT2D eigenvalue weighted by Crippen LogP contribution is 2.45. The number of amides is 5. The molecule has 0 spiro atoms. The van der Waals surface area contributed by atoms with E-state index in [9.17, 15) is 32.4 Å². The van der Waals surface area contributed by atoms with Gasteiger partial charge in [0.15, 0.2) is 0 Å². The third-order valence-electron chi connectivity index (χ3n) is 9.34. The lowest BCUT2D eigenvalue weighted by molar-refractivity contribution is -0.143. The normalized spacial score (nSPS) is 23.0. The average molecular weight is 772 g/mol. The topological polar surface area (TPSA) is 216 Å². The van der Waals surface area contributed by atoms with E-state index >= 15 is 0 Å². The van der Waals surface area contributed by atoms with Gasteiger partial charge in [-0.2, -0.15) is 5.10 Å². The van der Waals surface area contributed by atoms with Crippen LogP contribution in [0.2, 0.25) is 0 Å². The van der Waals surface area contributed by atoms with Crippen molar-refractivity contribution in [2.45, 2.75) is 102 Å². The predicted octanol–water partition coefficient (Wildman–Crippen LogP) is 3.01. The van der Waals surface area contributed by atoms with Crippen molar-refractivity contribution in [1.29, 1.82) is 0 Å². The molecule has 1 saturated heterocycles. The van der Waals surface area contributed by atoms with Crippen molar-refractivity contribution in [1.82, 2.24) is 30.0 Å². The SMILES string of the molecule is C=CC1CC1(NC(=O)C1CC(OC(=O)Nc2cc(OC)ccc2-n2cccn2)CN1C(=O)C(NC(=O)OC(C)(C)C)C(C)(C)C)C(=O)NS(=O)(=O)C1CC1. The van der Waals surface area contributed by atoms with Crippen LogP contribution in [0.4, 0.5) is 15.3 Å². The lowest BCUT2D eigenvalue weighted by Gasteiger charge is -2.36. The highest BCUT2D eigenvalue weighted by atomic mass is 32.2. The number of likely N-dealkylation sites (tertiary alicyclic amines) is 1. The molecule has 5 unspecified atom stereocenters. The van der Waals surface area contributed by atoms with E-state index in [2.05, 4.69) is 32.4 Å². The van der Waals surface area contributed by atoms with Crippen molar-refractivity contribution in [3.63, 3.8) is 0 Å². The van der Waals surface area contributed by atoms with Gasteiger partial charge in [-0.25, -0.2) is 22.7 Å². The van der Waals surface area contributed by atoms with E-state index in [4.69, 9.17) is 14.2 Å². The highest BCUT2D eigenvalue weighted by molar-refractivity contribution is 7.91. The molecule has 1 aromatic carbocycles. The predicted molar refractivity (Wildman–Crippen MR) is 196 cm³/mol. The van der Waals surface area contributed by atoms with Gasteiger partial charge in [-0.05, 0) is 63.6 Å². The number of anilines is 1. The van der Waals surface area contributed by atoms with Crippen LogP contribution in [0.5, 0.6) is 5.75 Å². The quantitative estimate of drug-likeness (QED) is 0.230. The Morgan fingerprint density at radius 2 is 1.78 bits per heavy atom. The molecular formula is C36H49N7O10S. The molecule has 3 aliphatic rings. The number of ether oxygens (including phenoxy) is 3. The van der Waals surface area contributed by atoms with E-state index < -0.39 is 85.8 Å². The maximum atomic E-state index is 14.4. The first-order valence-electron chi connectivity index (χ1n) is 17.6. The maximum Gasteiger partial charge on any atom is 0.412 e. The van der Waals surface area contributed by atoms with Gasteiger partial charge < -0.3 is 29.7 Å². The van der Waals surface area contributed by atoms with Gasteiger partial charge in [0.1, 0.15) is 35.1 Å². The molecule has 294 valence electrons. The number of aromatic nitrogens is 2. The first kappa shape index (κ1) is 40.1. The first-order valence-corrected chi connectivity index (χ1v) is 19.2. The molecule has 2 heterocycles. The van der Waals surface area contributed by atoms with E-state index in [1.807, 2.05) is 0 Å². The Kier molecular flexibility index (Phi) is 11.1. The lowest BCUT2D eigenvalue weighted by atomic mass is 9.85. The van der Waals surface area contributed by atoms with Gasteiger partial charge in [0.2, 0.25) is 21.8 Å². The van der Waals surface area contributed by atoms with Gasteiger partial charge in [0, 0.05) is 30.8 Å². The zero-order valence-electron chi connectivity index (χ0n) is 31.5. The molecule has 1 aromatic heterocycles. The summed E-state index contributed by atoms with van der Waals surface area (Å²) < 4.78 is 45.5. The monoisotopic (exact) mass is 771 g/mol. The van der Waals surface area contributed by atoms with Crippen LogP contribution in [0.25, 0.3) is 5.69 Å². The summed E-state index contributed by atoms with van der Waals surface area (Å²) in [4.78, 5) is 69.6. The minimum absolute atomic E-state index is 0.0845. The summed E-state index contributed by atoms with van der Waals surface area (Å²) in [5.41, 5.74) is -2.57. The summed E-state index contributed by atoms with van der Waals surface area (Å²) in [6, 6.07) is 4.18. The van der Waals surface area contributed by atoms with Crippen LogP contribution in [0.1, 0.15) is 67.2 Å². The fourth-order valence-corrected chi connectivity index (χ4v) is 7.64. The number of methoxy groups -OCH3 is 1. The third-order valence-corrected chi connectivity index (χ3v) is 11.2. The van der Waals surface area contributed by atoms with Gasteiger partial charge in [-0.3, -0.25) is 24.4 Å². The summed E-state index contributed by atoms with van der Waals surface area (Å²) in [6.07, 6.45) is 2.68. The molecule has 4 N–H and O–H groups in total. The Balaban J connectivity index is 1.40. The van der Waals surface area contributed by atoms with Gasteiger partial charge in [0.25, 0.3) is 5.91 Å². The third kappa shape index (κ3) is 9.14. The summed E-state index contributed by atoms with van der Waals surface area (Å²) in [7, 11) is -2.47. The number of hydrogen-bond acceptors (Lipinski definition) is 11. The molecule has 3 fully saturated rings. The number of benzene rings is 1. The minimum Gasteiger partial charge on any atom is -0.497 e. The van der Waals surface area contributed by atoms with Crippen LogP contribution in [-0.2, 0) is 33.9 Å². The van der Waals surface area contributed by atoms with Gasteiger partial charge >= 0.3 is 12.2 Å². The van der Waals surface area contributed by atoms with Crippen molar-refractivity contribution in [3.8, 4) is 11.4 Å². The van der Waals surface area contributed by atoms with E-state index in [0.717, 1.165) is 0 Å². The molecule has 18 heteroatoms. The fourth-order valence-electron chi connectivity index (χ4n) is 6.28. The lowest BCUT2D eigenvalue weighted by Crippen LogP contribution is -2.60. The Morgan fingerprint density at radius 1 is 1.07 bits per heavy atom. The van der Waals surface area contributed by atoms with Gasteiger partial charge in [-0.15, -0.1) is 6.58 Å². The second-order valence-electron chi connectivity index (χ2n) is 15.9. The zero-order valence-corrected chi connectivity index (χ0v) is 32.3. The average Bonchev–Trinajstić information content (AvgIpc) is 3.94. The first-order chi connectivity index (χ1) is 25.2. The number of rotatable bonds is 12. The van der Waals surface area contributed by atoms with Crippen molar-refractivity contribution in [3.05, 3.63) is 49.3 Å². The Bertz CT molecular complexity index is 1900. The smallest absolute Gasteiger partial charge is 0.412 e. The van der Waals surface area contributed by atoms with Gasteiger partial charge in [-0.1, -0.05) is 26.8 Å². The summed E-state index contributed by atoms with van der Waals surface area (Å²) in [6.45, 7) is 13.7. The molecule has 17 nitrogen and oxygen atoms in total. The number of carbonyl (C=O) groups is 5. The number of sulfonamides is 1. The summed E-state index contributed by atoms with van der Waals surface area (Å²) in [5, 5.41) is 11.6. The standard InChI is InChI=1S/C36H49N7O10S/c1-9-21-19-36(21,31(46)41-54(49,50)24-12-13-24)40-29(44)27-18-23(20-42(27)30(45)28(34(2,3)4)39-33(48)53-35(5,6)7)52-32(47)38-25-17-22(51-8)11-14-26(25)43-16-10-15-37-43/h9-11,14-17,21,23-24,27-28H,1,12-13,18-20H2,2-8H3,(H,38,47)(H,39,48)(H,40,44)(H,41,46). The highest BCUT2D eigenvalue weighted by Gasteiger charge is 2.62. The largest absolute Gasteiger partial charge is 0.497 e. The van der Waals surface area contributed by atoms with Crippen molar-refractivity contribution in [2.24, 2.45) is 11.3 Å². The zero-order chi connectivity index (χ0) is 39.8. The van der Waals surface area contributed by atoms with Crippen molar-refractivity contribution in [2.75, 3.05) is 19.0 Å². The molecule has 1 aliphatic heterocycles. The van der Waals surface area contributed by atoms with Crippen LogP contribution in [0.3, 0.4) is 0 Å². The van der Waals surface area contributed by atoms with Crippen LogP contribution >= 0.6 is 0 Å². The molecule has 0 radical (unpaired) electrons. The maximum absolute atomic E-state index is 14.4. The molecule has 2 aliphatic carbocycles. The fraction of sp³-hybridized carbons (Fsp3) is 0.556. The summed E-state index contributed by atoms with van der Waals surface area (Å²) in [5.74, 6) is -2.48. The van der Waals surface area contributed by atoms with Crippen LogP contribution < -0.4 is 25.4 Å². The minimum atomic E-state index is -3.94. The van der Waals surface area contributed by atoms with Crippen LogP contribution in [0.15, 0.2) is 49.3 Å². The molecule has 0 bridgehead atoms. The molecule has 2 aromatic rings. The number of alkyl carbamates (subject to hydrolysis) is 1. The molecule has 54 heavy (non-hydrogen) atoms. The number of nitrogens with zero attached hydrogens (tertiary/aromatic N) is 3. The molecular weight excluding hydrogens is 723 g/mol. The van der Waals surface area contributed by atoms with Crippen molar-refractivity contribution >= 4 is 45.6 Å². The second kappa shape index (κ2) is 14.9. The Morgan fingerprint density at radius 3 is 2.33 bits per heavy atom. The van der Waals surface area contributed by atoms with E-state index in [1.165, 1.54) is 22.8 Å². The Hall–Kier alpha value is -5.13. The molecule has 2 saturated carbocycles. The van der Waals surface area contributed by atoms with Crippen LogP contribution in [-0.4, -0.2) is 101 Å². The van der Waals surface area contributed by atoms with Crippen molar-refractivity contribution < 1.29 is 46.6 Å². The number of carbonyl (C=O) groups excluding carboxylic acids is 5. The van der Waals surface area contributed by atoms with E-state index in [1.54, 1.807) is 78.2 Å². The number of nitrogens with one attached hydrogen (secondary N) is 4. The molecule has 5 rings (SSSR count). The van der Waals surface area contributed by atoms with E-state index in [0.29, 0.717) is 30.0 Å². The summed E-state index contributed by atoms with van der Waals surface area (Å²) >= 11 is 0. The van der Waals surface area contributed by atoms with E-state index in [-0.39, 0.29) is 19.4 Å². The number of hydrogen-bond donors (Lipinski definition) is 4. The molecule has 5 amide bonds. The second-order valence-corrected chi connectivity index (χ2v) is 17.8. The molecule has 5 atom stereocenters.